The van der Waals surface area contributed by atoms with E-state index in [4.69, 9.17) is 0 Å². The number of ketones is 1. The first-order valence-corrected chi connectivity index (χ1v) is 9.36. The van der Waals surface area contributed by atoms with Crippen molar-refractivity contribution >= 4 is 5.78 Å². The maximum atomic E-state index is 12.5. The summed E-state index contributed by atoms with van der Waals surface area (Å²) in [5.41, 5.74) is 2.27. The quantitative estimate of drug-likeness (QED) is 0.314. The SMILES string of the molecule is CCCCCCCc1ccc(C(=O)C(CC)CCCC)cc1. The van der Waals surface area contributed by atoms with Crippen molar-refractivity contribution < 1.29 is 4.79 Å². The van der Waals surface area contributed by atoms with Gasteiger partial charge in [-0.1, -0.05) is 83.6 Å². The standard InChI is InChI=1S/C21H34O/c1-4-7-9-10-11-12-18-14-16-20(17-15-18)21(22)19(6-3)13-8-5-2/h14-17,19H,4-13H2,1-3H3. The van der Waals surface area contributed by atoms with Crippen molar-refractivity contribution in [3.63, 3.8) is 0 Å². The van der Waals surface area contributed by atoms with Crippen molar-refractivity contribution in [2.75, 3.05) is 0 Å². The van der Waals surface area contributed by atoms with Gasteiger partial charge in [-0.05, 0) is 31.2 Å². The Labute approximate surface area is 137 Å². The zero-order valence-electron chi connectivity index (χ0n) is 14.9. The van der Waals surface area contributed by atoms with Crippen molar-refractivity contribution in [3.05, 3.63) is 35.4 Å². The smallest absolute Gasteiger partial charge is 0.165 e. The van der Waals surface area contributed by atoms with E-state index in [1.165, 1.54) is 44.1 Å². The number of hydrogen-bond acceptors (Lipinski definition) is 1. The molecule has 0 amide bonds. The van der Waals surface area contributed by atoms with Crippen LogP contribution < -0.4 is 0 Å². The van der Waals surface area contributed by atoms with Crippen molar-refractivity contribution in [2.24, 2.45) is 5.92 Å². The summed E-state index contributed by atoms with van der Waals surface area (Å²) in [6.45, 7) is 6.56. The van der Waals surface area contributed by atoms with Crippen LogP contribution in [0, 0.1) is 5.92 Å². The second kappa shape index (κ2) is 11.5. The van der Waals surface area contributed by atoms with Gasteiger partial charge in [-0.25, -0.2) is 0 Å². The Bertz CT molecular complexity index is 404. The number of carbonyl (C=O) groups excluding carboxylic acids is 1. The van der Waals surface area contributed by atoms with Gasteiger partial charge in [0.2, 0.25) is 0 Å². The molecule has 0 aliphatic carbocycles. The molecule has 0 aliphatic rings. The van der Waals surface area contributed by atoms with Crippen molar-refractivity contribution in [1.29, 1.82) is 0 Å². The summed E-state index contributed by atoms with van der Waals surface area (Å²) >= 11 is 0. The Kier molecular flexibility index (Phi) is 9.86. The van der Waals surface area contributed by atoms with E-state index in [2.05, 4.69) is 32.9 Å². The molecule has 124 valence electrons. The normalized spacial score (nSPS) is 12.3. The molecule has 1 atom stereocenters. The molecule has 1 aromatic carbocycles. The Morgan fingerprint density at radius 2 is 1.50 bits per heavy atom. The van der Waals surface area contributed by atoms with Crippen LogP contribution in [-0.2, 0) is 6.42 Å². The van der Waals surface area contributed by atoms with Crippen LogP contribution in [0.5, 0.6) is 0 Å². The predicted molar refractivity (Wildman–Crippen MR) is 96.5 cm³/mol. The molecule has 0 saturated carbocycles. The lowest BCUT2D eigenvalue weighted by Crippen LogP contribution is -2.14. The lowest BCUT2D eigenvalue weighted by molar-refractivity contribution is 0.0908. The average molecular weight is 303 g/mol. The number of rotatable bonds is 12. The summed E-state index contributed by atoms with van der Waals surface area (Å²) in [4.78, 5) is 12.5. The van der Waals surface area contributed by atoms with Gasteiger partial charge in [-0.2, -0.15) is 0 Å². The summed E-state index contributed by atoms with van der Waals surface area (Å²) < 4.78 is 0. The number of benzene rings is 1. The van der Waals surface area contributed by atoms with Crippen LogP contribution in [0.4, 0.5) is 0 Å². The summed E-state index contributed by atoms with van der Waals surface area (Å²) in [6, 6.07) is 8.38. The molecule has 0 aromatic heterocycles. The number of hydrogen-bond donors (Lipinski definition) is 0. The second-order valence-corrected chi connectivity index (χ2v) is 6.47. The molecule has 1 rings (SSSR count). The molecule has 0 heterocycles. The summed E-state index contributed by atoms with van der Waals surface area (Å²) in [7, 11) is 0. The van der Waals surface area contributed by atoms with Gasteiger partial charge in [0.25, 0.3) is 0 Å². The average Bonchev–Trinajstić information content (AvgIpc) is 2.55. The molecule has 0 radical (unpaired) electrons. The van der Waals surface area contributed by atoms with Crippen molar-refractivity contribution in [3.8, 4) is 0 Å². The van der Waals surface area contributed by atoms with E-state index in [1.807, 2.05) is 12.1 Å². The Morgan fingerprint density at radius 3 is 2.09 bits per heavy atom. The molecule has 1 aromatic rings. The third-order valence-electron chi connectivity index (χ3n) is 4.58. The molecule has 22 heavy (non-hydrogen) atoms. The highest BCUT2D eigenvalue weighted by molar-refractivity contribution is 5.97. The van der Waals surface area contributed by atoms with Crippen LogP contribution in [-0.4, -0.2) is 5.78 Å². The van der Waals surface area contributed by atoms with E-state index in [0.29, 0.717) is 5.78 Å². The molecule has 0 N–H and O–H groups in total. The molecule has 1 unspecified atom stereocenters. The van der Waals surface area contributed by atoms with Gasteiger partial charge in [0.05, 0.1) is 0 Å². The van der Waals surface area contributed by atoms with Crippen LogP contribution in [0.15, 0.2) is 24.3 Å². The molecular formula is C21H34O. The third kappa shape index (κ3) is 6.77. The van der Waals surface area contributed by atoms with Crippen LogP contribution in [0.25, 0.3) is 0 Å². The maximum absolute atomic E-state index is 12.5. The van der Waals surface area contributed by atoms with E-state index in [0.717, 1.165) is 31.2 Å². The van der Waals surface area contributed by atoms with Crippen LogP contribution in [0.2, 0.25) is 0 Å². The highest BCUT2D eigenvalue weighted by atomic mass is 16.1. The Morgan fingerprint density at radius 1 is 0.864 bits per heavy atom. The van der Waals surface area contributed by atoms with E-state index >= 15 is 0 Å². The summed E-state index contributed by atoms with van der Waals surface area (Å²) in [6.07, 6.45) is 12.0. The minimum atomic E-state index is 0.208. The van der Waals surface area contributed by atoms with E-state index in [1.54, 1.807) is 0 Å². The van der Waals surface area contributed by atoms with Gasteiger partial charge >= 0.3 is 0 Å². The lowest BCUT2D eigenvalue weighted by Gasteiger charge is -2.13. The summed E-state index contributed by atoms with van der Waals surface area (Å²) in [5, 5.41) is 0. The molecule has 0 aliphatic heterocycles. The fourth-order valence-corrected chi connectivity index (χ4v) is 2.98. The minimum absolute atomic E-state index is 0.208. The van der Waals surface area contributed by atoms with Crippen LogP contribution in [0.1, 0.15) is 94.5 Å². The first kappa shape index (κ1) is 18.9. The van der Waals surface area contributed by atoms with Crippen molar-refractivity contribution in [2.45, 2.75) is 85.0 Å². The number of carbonyl (C=O) groups is 1. The fourth-order valence-electron chi connectivity index (χ4n) is 2.98. The number of aryl methyl sites for hydroxylation is 1. The zero-order valence-corrected chi connectivity index (χ0v) is 14.9. The largest absolute Gasteiger partial charge is 0.294 e. The monoisotopic (exact) mass is 302 g/mol. The van der Waals surface area contributed by atoms with E-state index in [9.17, 15) is 4.79 Å². The molecule has 0 spiro atoms. The van der Waals surface area contributed by atoms with Crippen LogP contribution in [0.3, 0.4) is 0 Å². The molecule has 0 saturated heterocycles. The van der Waals surface area contributed by atoms with Gasteiger partial charge in [-0.3, -0.25) is 4.79 Å². The highest BCUT2D eigenvalue weighted by Gasteiger charge is 2.17. The molecule has 0 fully saturated rings. The topological polar surface area (TPSA) is 17.1 Å². The number of unbranched alkanes of at least 4 members (excludes halogenated alkanes) is 5. The molecular weight excluding hydrogens is 268 g/mol. The third-order valence-corrected chi connectivity index (χ3v) is 4.58. The lowest BCUT2D eigenvalue weighted by atomic mass is 9.90. The minimum Gasteiger partial charge on any atom is -0.294 e. The highest BCUT2D eigenvalue weighted by Crippen LogP contribution is 2.19. The first-order chi connectivity index (χ1) is 10.7. The van der Waals surface area contributed by atoms with E-state index < -0.39 is 0 Å². The molecule has 1 heteroatoms. The van der Waals surface area contributed by atoms with Gasteiger partial charge in [0.1, 0.15) is 0 Å². The maximum Gasteiger partial charge on any atom is 0.165 e. The molecule has 0 bridgehead atoms. The predicted octanol–water partition coefficient (Wildman–Crippen LogP) is 6.60. The van der Waals surface area contributed by atoms with Crippen molar-refractivity contribution in [1.82, 2.24) is 0 Å². The Balaban J connectivity index is 2.47. The van der Waals surface area contributed by atoms with Gasteiger partial charge in [-0.15, -0.1) is 0 Å². The fraction of sp³-hybridized carbons (Fsp3) is 0.667. The Hall–Kier alpha value is -1.11. The first-order valence-electron chi connectivity index (χ1n) is 9.36. The van der Waals surface area contributed by atoms with Gasteiger partial charge in [0, 0.05) is 11.5 Å². The number of Topliss-reactive ketones (excluding diaryl/α,β-unsaturated/α-hetero) is 1. The summed E-state index contributed by atoms with van der Waals surface area (Å²) in [5.74, 6) is 0.547. The van der Waals surface area contributed by atoms with E-state index in [-0.39, 0.29) is 5.92 Å². The van der Waals surface area contributed by atoms with Gasteiger partial charge < -0.3 is 0 Å². The zero-order chi connectivity index (χ0) is 16.2. The van der Waals surface area contributed by atoms with Crippen LogP contribution >= 0.6 is 0 Å². The second-order valence-electron chi connectivity index (χ2n) is 6.47. The van der Waals surface area contributed by atoms with Gasteiger partial charge in [0.15, 0.2) is 5.78 Å². The molecule has 1 nitrogen and oxygen atoms in total.